The Hall–Kier alpha value is -3.83. The average molecular weight is 649 g/mol. The van der Waals surface area contributed by atoms with Crippen molar-refractivity contribution in [3.05, 3.63) is 110 Å². The summed E-state index contributed by atoms with van der Waals surface area (Å²) < 4.78 is 47.0. The number of carbonyl (C=O) groups is 2. The molecule has 11 heteroatoms. The third-order valence-corrected chi connectivity index (χ3v) is 12.5. The molecule has 1 saturated heterocycles. The number of benzene rings is 3. The zero-order valence-electron chi connectivity index (χ0n) is 23.9. The highest BCUT2D eigenvalue weighted by molar-refractivity contribution is 8.00. The molecule has 3 aromatic carbocycles. The van der Waals surface area contributed by atoms with Crippen LogP contribution in [0.1, 0.15) is 39.5 Å². The molecule has 0 spiro atoms. The Kier molecular flexibility index (Phi) is 6.58. The van der Waals surface area contributed by atoms with Gasteiger partial charge in [-0.05, 0) is 60.9 Å². The van der Waals surface area contributed by atoms with Crippen molar-refractivity contribution in [3.8, 4) is 5.75 Å². The molecule has 230 valence electrons. The van der Waals surface area contributed by atoms with Crippen LogP contribution in [0, 0.1) is 36.5 Å². The molecule has 45 heavy (non-hydrogen) atoms. The van der Waals surface area contributed by atoms with Crippen LogP contribution in [0.5, 0.6) is 5.75 Å². The van der Waals surface area contributed by atoms with Gasteiger partial charge in [-0.25, -0.2) is 0 Å². The zero-order chi connectivity index (χ0) is 31.2. The third kappa shape index (κ3) is 4.49. The van der Waals surface area contributed by atoms with Gasteiger partial charge in [0.2, 0.25) is 11.8 Å². The number of para-hydroxylation sites is 1. The van der Waals surface area contributed by atoms with Gasteiger partial charge in [0.25, 0.3) is 0 Å². The van der Waals surface area contributed by atoms with Gasteiger partial charge in [-0.3, -0.25) is 19.3 Å². The second-order valence-corrected chi connectivity index (χ2v) is 14.5. The molecule has 4 aromatic rings. The number of aromatic nitrogens is 1. The fourth-order valence-corrected chi connectivity index (χ4v) is 11.2. The van der Waals surface area contributed by atoms with Gasteiger partial charge in [-0.2, -0.15) is 13.2 Å². The van der Waals surface area contributed by atoms with Gasteiger partial charge in [0.1, 0.15) is 12.4 Å². The summed E-state index contributed by atoms with van der Waals surface area (Å²) in [5.74, 6) is -2.04. The number of alkyl halides is 3. The lowest BCUT2D eigenvalue weighted by Gasteiger charge is -2.43. The molecule has 2 bridgehead atoms. The van der Waals surface area contributed by atoms with Crippen molar-refractivity contribution in [2.45, 2.75) is 42.3 Å². The predicted molar refractivity (Wildman–Crippen MR) is 164 cm³/mol. The first kappa shape index (κ1) is 28.6. The first-order valence-electron chi connectivity index (χ1n) is 14.8. The number of hydrogen-bond donors (Lipinski definition) is 1. The first-order chi connectivity index (χ1) is 21.6. The molecule has 4 aliphatic rings. The Morgan fingerprint density at radius 3 is 2.47 bits per heavy atom. The maximum atomic E-state index is 14.0. The third-order valence-electron chi connectivity index (χ3n) is 9.89. The lowest BCUT2D eigenvalue weighted by molar-refractivity contribution is -0.137. The summed E-state index contributed by atoms with van der Waals surface area (Å²) >= 11 is 2.73. The SMILES string of the molecule is Cc1cccc(COc2ccccc2[C@H]2c3sc(=O)[nH]c3SC3C4CC(C5C(=O)N(c6cccc(C(F)(F)F)c6)C(=O)C45)C32)c1. The largest absolute Gasteiger partial charge is 0.489 e. The maximum Gasteiger partial charge on any atom is 0.416 e. The number of H-pyrrole nitrogens is 1. The fourth-order valence-electron chi connectivity index (χ4n) is 8.27. The highest BCUT2D eigenvalue weighted by Gasteiger charge is 2.70. The van der Waals surface area contributed by atoms with Gasteiger partial charge < -0.3 is 9.72 Å². The molecule has 2 saturated carbocycles. The van der Waals surface area contributed by atoms with E-state index >= 15 is 0 Å². The van der Waals surface area contributed by atoms with Crippen LogP contribution < -0.4 is 14.5 Å². The van der Waals surface area contributed by atoms with Crippen LogP contribution in [0.2, 0.25) is 0 Å². The molecule has 3 heterocycles. The smallest absolute Gasteiger partial charge is 0.416 e. The number of nitrogens with zero attached hydrogens (tertiary/aromatic N) is 1. The van der Waals surface area contributed by atoms with E-state index in [1.165, 1.54) is 23.5 Å². The van der Waals surface area contributed by atoms with Gasteiger partial charge in [0, 0.05) is 21.6 Å². The van der Waals surface area contributed by atoms with Gasteiger partial charge in [-0.15, -0.1) is 11.8 Å². The Morgan fingerprint density at radius 1 is 0.933 bits per heavy atom. The molecular formula is C34H27F3N2O4S2. The minimum absolute atomic E-state index is 0.0425. The van der Waals surface area contributed by atoms with Gasteiger partial charge in [0.05, 0.1) is 28.1 Å². The lowest BCUT2D eigenvalue weighted by atomic mass is 9.68. The van der Waals surface area contributed by atoms with E-state index in [9.17, 15) is 27.6 Å². The number of imide groups is 1. The normalized spacial score (nSPS) is 28.3. The number of hydrogen-bond acceptors (Lipinski definition) is 6. The first-order valence-corrected chi connectivity index (χ1v) is 16.5. The summed E-state index contributed by atoms with van der Waals surface area (Å²) in [7, 11) is 0. The number of aromatic amines is 1. The highest BCUT2D eigenvalue weighted by atomic mass is 32.2. The number of ether oxygens (including phenoxy) is 1. The van der Waals surface area contributed by atoms with Gasteiger partial charge >= 0.3 is 11.0 Å². The van der Waals surface area contributed by atoms with Gasteiger partial charge in [0.15, 0.2) is 0 Å². The van der Waals surface area contributed by atoms with Crippen molar-refractivity contribution < 1.29 is 27.5 Å². The van der Waals surface area contributed by atoms with Crippen LogP contribution in [0.3, 0.4) is 0 Å². The maximum absolute atomic E-state index is 14.0. The van der Waals surface area contributed by atoms with Crippen LogP contribution in [0.4, 0.5) is 18.9 Å². The molecular weight excluding hydrogens is 622 g/mol. The second-order valence-electron chi connectivity index (χ2n) is 12.3. The number of rotatable bonds is 5. The molecule has 2 aliphatic heterocycles. The van der Waals surface area contributed by atoms with E-state index in [1.54, 1.807) is 11.8 Å². The minimum Gasteiger partial charge on any atom is -0.489 e. The van der Waals surface area contributed by atoms with Crippen LogP contribution in [0.15, 0.2) is 82.6 Å². The van der Waals surface area contributed by atoms with E-state index < -0.39 is 35.4 Å². The van der Waals surface area contributed by atoms with Crippen molar-refractivity contribution in [2.75, 3.05) is 4.90 Å². The van der Waals surface area contributed by atoms with Gasteiger partial charge in [-0.1, -0.05) is 65.4 Å². The Labute approximate surface area is 264 Å². The number of aryl methyl sites for hydroxylation is 1. The molecule has 1 aromatic heterocycles. The summed E-state index contributed by atoms with van der Waals surface area (Å²) in [6, 6.07) is 20.3. The summed E-state index contributed by atoms with van der Waals surface area (Å²) in [6.45, 7) is 2.39. The molecule has 0 radical (unpaired) electrons. The number of carbonyl (C=O) groups excluding carboxylic acids is 2. The van der Waals surface area contributed by atoms with Crippen LogP contribution >= 0.6 is 23.1 Å². The predicted octanol–water partition coefficient (Wildman–Crippen LogP) is 7.02. The number of thiazole rings is 1. The standard InChI is InChI=1S/C34H27F3N2O4S2/c1-16-6-4-7-17(12-16)15-43-23-11-3-2-10-20(23)24-25-21-14-22(28(25)44-30-29(24)45-33(42)38-30)27-26(21)31(40)39(32(27)41)19-9-5-8-18(13-19)34(35,36)37/h2-13,21-22,24-28H,14-15H2,1H3,(H,38,42)/t21?,22?,24-,25?,26?,27?,28?/m1/s1. The molecule has 3 fully saturated rings. The molecule has 6 nitrogen and oxygen atoms in total. The number of halogens is 3. The molecule has 2 aliphatic carbocycles. The number of thioether (sulfide) groups is 1. The quantitative estimate of drug-likeness (QED) is 0.236. The van der Waals surface area contributed by atoms with Crippen LogP contribution in [0.25, 0.3) is 0 Å². The Bertz CT molecular complexity index is 1920. The van der Waals surface area contributed by atoms with Crippen LogP contribution in [-0.2, 0) is 22.4 Å². The van der Waals surface area contributed by atoms with Crippen molar-refractivity contribution >= 4 is 40.6 Å². The topological polar surface area (TPSA) is 79.5 Å². The van der Waals surface area contributed by atoms with Crippen molar-refractivity contribution in [2.24, 2.45) is 29.6 Å². The second kappa shape index (κ2) is 10.3. The highest BCUT2D eigenvalue weighted by Crippen LogP contribution is 2.69. The summed E-state index contributed by atoms with van der Waals surface area (Å²) in [6.07, 6.45) is -3.92. The van der Waals surface area contributed by atoms with Crippen molar-refractivity contribution in [3.63, 3.8) is 0 Å². The summed E-state index contributed by atoms with van der Waals surface area (Å²) in [5.41, 5.74) is 2.14. The average Bonchev–Trinajstić information content (AvgIpc) is 3.74. The van der Waals surface area contributed by atoms with Crippen molar-refractivity contribution in [1.29, 1.82) is 0 Å². The number of fused-ring (bicyclic) bond motifs is 9. The Morgan fingerprint density at radius 2 is 1.69 bits per heavy atom. The van der Waals surface area contributed by atoms with E-state index in [4.69, 9.17) is 4.74 Å². The number of nitrogens with one attached hydrogen (secondary N) is 1. The van der Waals surface area contributed by atoms with Crippen LogP contribution in [-0.4, -0.2) is 22.0 Å². The minimum atomic E-state index is -4.60. The van der Waals surface area contributed by atoms with E-state index in [0.29, 0.717) is 18.8 Å². The fraction of sp³-hybridized carbons (Fsp3) is 0.324. The summed E-state index contributed by atoms with van der Waals surface area (Å²) in [5, 5.41) is 0.724. The number of anilines is 1. The van der Waals surface area contributed by atoms with E-state index in [-0.39, 0.29) is 39.5 Å². The monoisotopic (exact) mass is 648 g/mol. The molecule has 7 atom stereocenters. The summed E-state index contributed by atoms with van der Waals surface area (Å²) in [4.78, 5) is 45.3. The van der Waals surface area contributed by atoms with Crippen molar-refractivity contribution in [1.82, 2.24) is 4.98 Å². The molecule has 8 rings (SSSR count). The molecule has 1 N–H and O–H groups in total. The van der Waals surface area contributed by atoms with E-state index in [0.717, 1.165) is 43.6 Å². The number of amides is 2. The van der Waals surface area contributed by atoms with E-state index in [1.807, 2.05) is 49.4 Å². The molecule has 2 amide bonds. The lowest BCUT2D eigenvalue weighted by Crippen LogP contribution is -2.42. The van der Waals surface area contributed by atoms with E-state index in [2.05, 4.69) is 11.1 Å². The molecule has 6 unspecified atom stereocenters. The zero-order valence-corrected chi connectivity index (χ0v) is 25.5. The Balaban J connectivity index is 1.17.